The molecule has 0 aromatic heterocycles. The molecule has 76 valence electrons. The summed E-state index contributed by atoms with van der Waals surface area (Å²) in [6.07, 6.45) is 0.187. The van der Waals surface area contributed by atoms with Gasteiger partial charge in [0.25, 0.3) is 0 Å². The molecule has 7 N–H and O–H groups in total. The molecule has 14 heavy (non-hydrogen) atoms. The SMILES string of the molecule is Nc1cccc(C[C@@H](N)C(=O)O)c1N. The van der Waals surface area contributed by atoms with Gasteiger partial charge < -0.3 is 22.3 Å². The second-order valence-electron chi connectivity index (χ2n) is 3.07. The van der Waals surface area contributed by atoms with E-state index in [4.69, 9.17) is 22.3 Å². The molecule has 5 heteroatoms. The Balaban J connectivity index is 2.87. The van der Waals surface area contributed by atoms with Crippen molar-refractivity contribution in [2.24, 2.45) is 5.73 Å². The summed E-state index contributed by atoms with van der Waals surface area (Å²) < 4.78 is 0. The lowest BCUT2D eigenvalue weighted by Gasteiger charge is -2.10. The number of rotatable bonds is 3. The molecular formula is C9H13N3O2. The summed E-state index contributed by atoms with van der Waals surface area (Å²) in [4.78, 5) is 10.5. The van der Waals surface area contributed by atoms with Crippen LogP contribution < -0.4 is 17.2 Å². The maximum absolute atomic E-state index is 10.5. The maximum atomic E-state index is 10.5. The predicted octanol–water partition coefficient (Wildman–Crippen LogP) is -0.195. The molecule has 0 aliphatic carbocycles. The molecule has 0 fully saturated rings. The highest BCUT2D eigenvalue weighted by molar-refractivity contribution is 5.75. The van der Waals surface area contributed by atoms with Gasteiger partial charge in [-0.05, 0) is 11.6 Å². The van der Waals surface area contributed by atoms with E-state index in [2.05, 4.69) is 0 Å². The van der Waals surface area contributed by atoms with Crippen LogP contribution in [0.15, 0.2) is 18.2 Å². The minimum atomic E-state index is -1.05. The van der Waals surface area contributed by atoms with E-state index in [-0.39, 0.29) is 6.42 Å². The Morgan fingerprint density at radius 3 is 2.64 bits per heavy atom. The van der Waals surface area contributed by atoms with Crippen molar-refractivity contribution >= 4 is 17.3 Å². The van der Waals surface area contributed by atoms with Crippen LogP contribution in [0.2, 0.25) is 0 Å². The molecule has 0 spiro atoms. The van der Waals surface area contributed by atoms with Gasteiger partial charge in [0.1, 0.15) is 6.04 Å². The fraction of sp³-hybridized carbons (Fsp3) is 0.222. The number of para-hydroxylation sites is 1. The topological polar surface area (TPSA) is 115 Å². The van der Waals surface area contributed by atoms with Crippen LogP contribution in [0, 0.1) is 0 Å². The van der Waals surface area contributed by atoms with Crippen molar-refractivity contribution in [2.45, 2.75) is 12.5 Å². The van der Waals surface area contributed by atoms with Crippen LogP contribution in [0.25, 0.3) is 0 Å². The number of benzene rings is 1. The van der Waals surface area contributed by atoms with Crippen LogP contribution in [0.3, 0.4) is 0 Å². The van der Waals surface area contributed by atoms with E-state index in [0.717, 1.165) is 0 Å². The van der Waals surface area contributed by atoms with Gasteiger partial charge in [-0.15, -0.1) is 0 Å². The average Bonchev–Trinajstić information content (AvgIpc) is 2.12. The van der Waals surface area contributed by atoms with E-state index in [1.807, 2.05) is 0 Å². The molecule has 0 saturated carbocycles. The summed E-state index contributed by atoms with van der Waals surface area (Å²) >= 11 is 0. The summed E-state index contributed by atoms with van der Waals surface area (Å²) in [5.41, 5.74) is 18.1. The van der Waals surface area contributed by atoms with Gasteiger partial charge in [-0.2, -0.15) is 0 Å². The average molecular weight is 195 g/mol. The van der Waals surface area contributed by atoms with Crippen molar-refractivity contribution < 1.29 is 9.90 Å². The molecule has 1 atom stereocenters. The van der Waals surface area contributed by atoms with Crippen molar-refractivity contribution in [3.05, 3.63) is 23.8 Å². The number of hydrogen-bond acceptors (Lipinski definition) is 4. The lowest BCUT2D eigenvalue weighted by molar-refractivity contribution is -0.138. The Bertz CT molecular complexity index is 352. The van der Waals surface area contributed by atoms with Crippen LogP contribution in [-0.2, 0) is 11.2 Å². The minimum absolute atomic E-state index is 0.187. The Kier molecular flexibility index (Phi) is 2.93. The zero-order chi connectivity index (χ0) is 10.7. The molecule has 0 bridgehead atoms. The molecule has 0 amide bonds. The summed E-state index contributed by atoms with van der Waals surface area (Å²) in [6, 6.07) is 4.15. The predicted molar refractivity (Wildman–Crippen MR) is 54.6 cm³/mol. The Labute approximate surface area is 81.5 Å². The van der Waals surface area contributed by atoms with Crippen LogP contribution in [0.4, 0.5) is 11.4 Å². The first-order valence-corrected chi connectivity index (χ1v) is 4.13. The Morgan fingerprint density at radius 1 is 1.43 bits per heavy atom. The number of carboxylic acids is 1. The van der Waals surface area contributed by atoms with Crippen molar-refractivity contribution in [1.29, 1.82) is 0 Å². The van der Waals surface area contributed by atoms with E-state index < -0.39 is 12.0 Å². The van der Waals surface area contributed by atoms with Gasteiger partial charge in [0, 0.05) is 6.42 Å². The molecule has 0 aliphatic rings. The third-order valence-electron chi connectivity index (χ3n) is 1.99. The first kappa shape index (κ1) is 10.3. The highest BCUT2D eigenvalue weighted by atomic mass is 16.4. The minimum Gasteiger partial charge on any atom is -0.480 e. The fourth-order valence-corrected chi connectivity index (χ4v) is 1.14. The third kappa shape index (κ3) is 2.14. The quantitative estimate of drug-likeness (QED) is 0.499. The molecule has 5 nitrogen and oxygen atoms in total. The summed E-state index contributed by atoms with van der Waals surface area (Å²) in [7, 11) is 0. The van der Waals surface area contributed by atoms with Crippen LogP contribution in [0.5, 0.6) is 0 Å². The van der Waals surface area contributed by atoms with Gasteiger partial charge in [-0.1, -0.05) is 12.1 Å². The molecule has 0 heterocycles. The first-order chi connectivity index (χ1) is 6.52. The van der Waals surface area contributed by atoms with Crippen molar-refractivity contribution in [1.82, 2.24) is 0 Å². The van der Waals surface area contributed by atoms with Gasteiger partial charge >= 0.3 is 5.97 Å². The molecule has 0 saturated heterocycles. The normalized spacial score (nSPS) is 12.4. The molecule has 1 aromatic rings. The third-order valence-corrected chi connectivity index (χ3v) is 1.99. The van der Waals surface area contributed by atoms with Gasteiger partial charge in [-0.3, -0.25) is 4.79 Å². The highest BCUT2D eigenvalue weighted by Crippen LogP contribution is 2.20. The summed E-state index contributed by atoms with van der Waals surface area (Å²) in [5, 5.41) is 8.61. The number of aliphatic carboxylic acids is 1. The van der Waals surface area contributed by atoms with E-state index in [0.29, 0.717) is 16.9 Å². The number of carboxylic acid groups (broad SMARTS) is 1. The molecular weight excluding hydrogens is 182 g/mol. The van der Waals surface area contributed by atoms with Gasteiger partial charge in [-0.25, -0.2) is 0 Å². The van der Waals surface area contributed by atoms with Crippen molar-refractivity contribution in [3.8, 4) is 0 Å². The second-order valence-corrected chi connectivity index (χ2v) is 3.07. The van der Waals surface area contributed by atoms with E-state index in [1.54, 1.807) is 18.2 Å². The van der Waals surface area contributed by atoms with Gasteiger partial charge in [0.05, 0.1) is 11.4 Å². The fourth-order valence-electron chi connectivity index (χ4n) is 1.14. The number of anilines is 2. The van der Waals surface area contributed by atoms with Gasteiger partial charge in [0.15, 0.2) is 0 Å². The largest absolute Gasteiger partial charge is 0.480 e. The van der Waals surface area contributed by atoms with Crippen LogP contribution >= 0.6 is 0 Å². The lowest BCUT2D eigenvalue weighted by atomic mass is 10.0. The molecule has 1 rings (SSSR count). The zero-order valence-electron chi connectivity index (χ0n) is 7.60. The zero-order valence-corrected chi connectivity index (χ0v) is 7.60. The number of nitrogens with two attached hydrogens (primary N) is 3. The van der Waals surface area contributed by atoms with Crippen LogP contribution in [0.1, 0.15) is 5.56 Å². The Morgan fingerprint density at radius 2 is 2.07 bits per heavy atom. The Hall–Kier alpha value is -1.75. The molecule has 0 unspecified atom stereocenters. The molecule has 0 aliphatic heterocycles. The second kappa shape index (κ2) is 3.97. The van der Waals surface area contributed by atoms with Gasteiger partial charge in [0.2, 0.25) is 0 Å². The number of hydrogen-bond donors (Lipinski definition) is 4. The monoisotopic (exact) mass is 195 g/mol. The van der Waals surface area contributed by atoms with E-state index in [9.17, 15) is 4.79 Å². The van der Waals surface area contributed by atoms with E-state index >= 15 is 0 Å². The standard InChI is InChI=1S/C9H13N3O2/c10-6-3-1-2-5(8(6)12)4-7(11)9(13)14/h1-3,7H,4,10-12H2,(H,13,14)/t7-/m1/s1. The first-order valence-electron chi connectivity index (χ1n) is 4.13. The summed E-state index contributed by atoms with van der Waals surface area (Å²) in [5.74, 6) is -1.05. The van der Waals surface area contributed by atoms with Crippen LogP contribution in [-0.4, -0.2) is 17.1 Å². The maximum Gasteiger partial charge on any atom is 0.320 e. The highest BCUT2D eigenvalue weighted by Gasteiger charge is 2.14. The smallest absolute Gasteiger partial charge is 0.320 e. The van der Waals surface area contributed by atoms with E-state index in [1.165, 1.54) is 0 Å². The summed E-state index contributed by atoms with van der Waals surface area (Å²) in [6.45, 7) is 0. The number of carbonyl (C=O) groups is 1. The molecule has 0 radical (unpaired) electrons. The molecule has 1 aromatic carbocycles. The lowest BCUT2D eigenvalue weighted by Crippen LogP contribution is -2.32. The van der Waals surface area contributed by atoms with Crippen molar-refractivity contribution in [3.63, 3.8) is 0 Å². The van der Waals surface area contributed by atoms with Crippen molar-refractivity contribution in [2.75, 3.05) is 11.5 Å². The number of nitrogen functional groups attached to an aromatic ring is 2.